The third-order valence-electron chi connectivity index (χ3n) is 4.89. The third kappa shape index (κ3) is 4.46. The van der Waals surface area contributed by atoms with Crippen molar-refractivity contribution < 1.29 is 14.3 Å². The van der Waals surface area contributed by atoms with Crippen molar-refractivity contribution >= 4 is 17.5 Å². The van der Waals surface area contributed by atoms with Crippen LogP contribution in [0.4, 0.5) is 5.69 Å². The SMILES string of the molecule is CCOc1ccc2c(c1)CN(C(C)C(=O)Nc1ccc(C(N)=O)cc1)CC2. The molecule has 1 aliphatic heterocycles. The van der Waals surface area contributed by atoms with E-state index in [4.69, 9.17) is 10.5 Å². The molecule has 0 aliphatic carbocycles. The zero-order valence-corrected chi connectivity index (χ0v) is 15.7. The Kier molecular flexibility index (Phi) is 5.76. The van der Waals surface area contributed by atoms with E-state index in [1.807, 2.05) is 19.9 Å². The Hall–Kier alpha value is -2.86. The quantitative estimate of drug-likeness (QED) is 0.822. The van der Waals surface area contributed by atoms with Gasteiger partial charge < -0.3 is 15.8 Å². The van der Waals surface area contributed by atoms with Crippen LogP contribution >= 0.6 is 0 Å². The third-order valence-corrected chi connectivity index (χ3v) is 4.89. The second kappa shape index (κ2) is 8.22. The highest BCUT2D eigenvalue weighted by Gasteiger charge is 2.25. The highest BCUT2D eigenvalue weighted by molar-refractivity contribution is 5.96. The van der Waals surface area contributed by atoms with E-state index >= 15 is 0 Å². The van der Waals surface area contributed by atoms with Crippen LogP contribution in [0.15, 0.2) is 42.5 Å². The van der Waals surface area contributed by atoms with E-state index in [0.717, 1.165) is 18.7 Å². The number of benzene rings is 2. The Bertz CT molecular complexity index is 833. The Morgan fingerprint density at radius 3 is 2.59 bits per heavy atom. The number of primary amides is 1. The number of ether oxygens (including phenoxy) is 1. The number of amides is 2. The molecule has 1 atom stereocenters. The van der Waals surface area contributed by atoms with Gasteiger partial charge in [-0.3, -0.25) is 14.5 Å². The van der Waals surface area contributed by atoms with Gasteiger partial charge in [-0.05, 0) is 67.8 Å². The Balaban J connectivity index is 1.65. The van der Waals surface area contributed by atoms with Gasteiger partial charge in [0.2, 0.25) is 11.8 Å². The largest absolute Gasteiger partial charge is 0.494 e. The number of carbonyl (C=O) groups excluding carboxylic acids is 2. The van der Waals surface area contributed by atoms with Gasteiger partial charge in [-0.2, -0.15) is 0 Å². The van der Waals surface area contributed by atoms with Crippen LogP contribution in [0, 0.1) is 0 Å². The molecule has 0 saturated carbocycles. The van der Waals surface area contributed by atoms with Gasteiger partial charge in [0.1, 0.15) is 5.75 Å². The van der Waals surface area contributed by atoms with Crippen LogP contribution in [0.25, 0.3) is 0 Å². The topological polar surface area (TPSA) is 84.7 Å². The van der Waals surface area contributed by atoms with Crippen LogP contribution in [0.2, 0.25) is 0 Å². The summed E-state index contributed by atoms with van der Waals surface area (Å²) in [5.41, 5.74) is 8.81. The molecule has 27 heavy (non-hydrogen) atoms. The van der Waals surface area contributed by atoms with Crippen LogP contribution in [0.1, 0.15) is 35.3 Å². The number of nitrogens with zero attached hydrogens (tertiary/aromatic N) is 1. The first-order valence-corrected chi connectivity index (χ1v) is 9.17. The summed E-state index contributed by atoms with van der Waals surface area (Å²) in [6, 6.07) is 12.5. The first-order valence-electron chi connectivity index (χ1n) is 9.17. The van der Waals surface area contributed by atoms with Gasteiger partial charge in [0.05, 0.1) is 12.6 Å². The molecule has 0 aromatic heterocycles. The fourth-order valence-corrected chi connectivity index (χ4v) is 3.27. The van der Waals surface area contributed by atoms with Crippen LogP contribution in [0.3, 0.4) is 0 Å². The minimum Gasteiger partial charge on any atom is -0.494 e. The maximum absolute atomic E-state index is 12.6. The molecule has 0 saturated heterocycles. The van der Waals surface area contributed by atoms with Crippen molar-refractivity contribution in [1.82, 2.24) is 4.90 Å². The molecule has 0 spiro atoms. The molecule has 0 fully saturated rings. The van der Waals surface area contributed by atoms with Crippen molar-refractivity contribution in [2.45, 2.75) is 32.9 Å². The summed E-state index contributed by atoms with van der Waals surface area (Å²) in [4.78, 5) is 25.9. The average molecular weight is 367 g/mol. The zero-order chi connectivity index (χ0) is 19.4. The smallest absolute Gasteiger partial charge is 0.248 e. The number of nitrogens with two attached hydrogens (primary N) is 1. The first kappa shape index (κ1) is 18.9. The van der Waals surface area contributed by atoms with Crippen LogP contribution in [-0.4, -0.2) is 35.9 Å². The molecule has 142 valence electrons. The summed E-state index contributed by atoms with van der Waals surface area (Å²) >= 11 is 0. The van der Waals surface area contributed by atoms with Gasteiger partial charge in [0.25, 0.3) is 0 Å². The summed E-state index contributed by atoms with van der Waals surface area (Å²) in [6.07, 6.45) is 0.909. The molecular formula is C21H25N3O3. The van der Waals surface area contributed by atoms with E-state index in [0.29, 0.717) is 24.4 Å². The number of hydrogen-bond acceptors (Lipinski definition) is 4. The van der Waals surface area contributed by atoms with E-state index in [1.54, 1.807) is 24.3 Å². The van der Waals surface area contributed by atoms with Crippen molar-refractivity contribution in [2.75, 3.05) is 18.5 Å². The molecular weight excluding hydrogens is 342 g/mol. The van der Waals surface area contributed by atoms with Crippen LogP contribution in [0.5, 0.6) is 5.75 Å². The molecule has 3 rings (SSSR count). The molecule has 1 unspecified atom stereocenters. The lowest BCUT2D eigenvalue weighted by atomic mass is 9.98. The van der Waals surface area contributed by atoms with Crippen molar-refractivity contribution in [3.05, 3.63) is 59.2 Å². The van der Waals surface area contributed by atoms with E-state index in [1.165, 1.54) is 11.1 Å². The minimum absolute atomic E-state index is 0.0776. The molecule has 0 radical (unpaired) electrons. The summed E-state index contributed by atoms with van der Waals surface area (Å²) in [7, 11) is 0. The first-order chi connectivity index (χ1) is 13.0. The monoisotopic (exact) mass is 367 g/mol. The molecule has 2 aromatic carbocycles. The molecule has 1 aliphatic rings. The summed E-state index contributed by atoms with van der Waals surface area (Å²) < 4.78 is 5.59. The molecule has 0 bridgehead atoms. The van der Waals surface area contributed by atoms with Gasteiger partial charge in [-0.15, -0.1) is 0 Å². The number of rotatable bonds is 6. The van der Waals surface area contributed by atoms with Gasteiger partial charge in [0, 0.05) is 24.3 Å². The minimum atomic E-state index is -0.486. The van der Waals surface area contributed by atoms with Gasteiger partial charge in [0.15, 0.2) is 0 Å². The number of anilines is 1. The second-order valence-corrected chi connectivity index (χ2v) is 6.69. The van der Waals surface area contributed by atoms with E-state index in [-0.39, 0.29) is 11.9 Å². The standard InChI is InChI=1S/C21H25N3O3/c1-3-27-19-9-6-15-10-11-24(13-17(15)12-19)14(2)21(26)23-18-7-4-16(5-8-18)20(22)25/h4-9,12,14H,3,10-11,13H2,1-2H3,(H2,22,25)(H,23,26). The molecule has 2 aromatic rings. The normalized spacial score (nSPS) is 14.9. The maximum atomic E-state index is 12.6. The van der Waals surface area contributed by atoms with E-state index in [9.17, 15) is 9.59 Å². The zero-order valence-electron chi connectivity index (χ0n) is 15.7. The predicted molar refractivity (Wildman–Crippen MR) is 105 cm³/mol. The van der Waals surface area contributed by atoms with Gasteiger partial charge in [-0.25, -0.2) is 0 Å². The maximum Gasteiger partial charge on any atom is 0.248 e. The lowest BCUT2D eigenvalue weighted by molar-refractivity contribution is -0.121. The summed E-state index contributed by atoms with van der Waals surface area (Å²) in [6.45, 7) is 6.05. The highest BCUT2D eigenvalue weighted by Crippen LogP contribution is 2.25. The van der Waals surface area contributed by atoms with E-state index in [2.05, 4.69) is 22.3 Å². The number of carbonyl (C=O) groups is 2. The van der Waals surface area contributed by atoms with Crippen LogP contribution < -0.4 is 15.8 Å². The molecule has 6 nitrogen and oxygen atoms in total. The molecule has 2 amide bonds. The molecule has 1 heterocycles. The fraction of sp³-hybridized carbons (Fsp3) is 0.333. The molecule has 6 heteroatoms. The Labute approximate surface area is 159 Å². The lowest BCUT2D eigenvalue weighted by Gasteiger charge is -2.33. The Morgan fingerprint density at radius 2 is 1.93 bits per heavy atom. The predicted octanol–water partition coefficient (Wildman–Crippen LogP) is 2.57. The summed E-state index contributed by atoms with van der Waals surface area (Å²) in [5, 5.41) is 2.90. The van der Waals surface area contributed by atoms with Crippen molar-refractivity contribution in [3.63, 3.8) is 0 Å². The number of nitrogens with one attached hydrogen (secondary N) is 1. The second-order valence-electron chi connectivity index (χ2n) is 6.69. The van der Waals surface area contributed by atoms with Gasteiger partial charge in [-0.1, -0.05) is 6.07 Å². The van der Waals surface area contributed by atoms with Crippen LogP contribution in [-0.2, 0) is 17.8 Å². The number of fused-ring (bicyclic) bond motifs is 1. The fourth-order valence-electron chi connectivity index (χ4n) is 3.27. The van der Waals surface area contributed by atoms with Crippen molar-refractivity contribution in [2.24, 2.45) is 5.73 Å². The average Bonchev–Trinajstić information content (AvgIpc) is 2.67. The Morgan fingerprint density at radius 1 is 1.19 bits per heavy atom. The number of hydrogen-bond donors (Lipinski definition) is 2. The highest BCUT2D eigenvalue weighted by atomic mass is 16.5. The molecule has 3 N–H and O–H groups in total. The lowest BCUT2D eigenvalue weighted by Crippen LogP contribution is -2.44. The van der Waals surface area contributed by atoms with Gasteiger partial charge >= 0.3 is 0 Å². The van der Waals surface area contributed by atoms with E-state index < -0.39 is 5.91 Å². The van der Waals surface area contributed by atoms with Crippen molar-refractivity contribution in [3.8, 4) is 5.75 Å². The summed E-state index contributed by atoms with van der Waals surface area (Å²) in [5.74, 6) is 0.302. The van der Waals surface area contributed by atoms with Crippen molar-refractivity contribution in [1.29, 1.82) is 0 Å².